The summed E-state index contributed by atoms with van der Waals surface area (Å²) >= 11 is 0. The average Bonchev–Trinajstić information content (AvgIpc) is 2.67. The number of esters is 1. The molecular formula is C21H34O4. The molecule has 0 heterocycles. The predicted octanol–water partition coefficient (Wildman–Crippen LogP) is 4.18. The Morgan fingerprint density at radius 2 is 1.32 bits per heavy atom. The number of hydrogen-bond acceptors (Lipinski definition) is 4. The number of hydrogen-bond donors (Lipinski definition) is 1. The highest BCUT2D eigenvalue weighted by atomic mass is 16.5. The van der Waals surface area contributed by atoms with Crippen molar-refractivity contribution in [1.82, 2.24) is 0 Å². The molecule has 0 spiro atoms. The number of Topliss-reactive ketones (excluding diaryl/α,β-unsaturated/α-hetero) is 1. The van der Waals surface area contributed by atoms with E-state index in [1.807, 2.05) is 0 Å². The van der Waals surface area contributed by atoms with E-state index in [9.17, 15) is 14.7 Å². The standard InChI is InChI=1S/C21H34O4/c22-18-14-8-7-13-17(18)21(24)25-20(16-11-5-2-6-12-16)19(23)15-9-3-1-4-10-15/h15-18,20,22H,1-14H2. The molecule has 3 unspecified atom stereocenters. The molecule has 3 rings (SSSR count). The zero-order valence-corrected chi connectivity index (χ0v) is 15.5. The Morgan fingerprint density at radius 3 is 1.96 bits per heavy atom. The molecular weight excluding hydrogens is 316 g/mol. The Kier molecular flexibility index (Phi) is 6.92. The maximum absolute atomic E-state index is 13.2. The van der Waals surface area contributed by atoms with Gasteiger partial charge in [0.15, 0.2) is 11.9 Å². The van der Waals surface area contributed by atoms with Crippen LogP contribution in [0.5, 0.6) is 0 Å². The van der Waals surface area contributed by atoms with Gasteiger partial charge in [0.25, 0.3) is 0 Å². The first-order chi connectivity index (χ1) is 12.2. The molecule has 0 aliphatic heterocycles. The fraction of sp³-hybridized carbons (Fsp3) is 0.905. The van der Waals surface area contributed by atoms with E-state index in [4.69, 9.17) is 4.74 Å². The van der Waals surface area contributed by atoms with Gasteiger partial charge in [-0.1, -0.05) is 51.4 Å². The monoisotopic (exact) mass is 350 g/mol. The second kappa shape index (κ2) is 9.16. The van der Waals surface area contributed by atoms with Crippen LogP contribution in [0.2, 0.25) is 0 Å². The molecule has 4 heteroatoms. The number of aliphatic hydroxyl groups excluding tert-OH is 1. The molecule has 3 fully saturated rings. The third-order valence-electron chi connectivity index (χ3n) is 6.64. The molecule has 0 radical (unpaired) electrons. The van der Waals surface area contributed by atoms with Gasteiger partial charge in [0.05, 0.1) is 12.0 Å². The largest absolute Gasteiger partial charge is 0.454 e. The van der Waals surface area contributed by atoms with Crippen molar-refractivity contribution in [2.24, 2.45) is 17.8 Å². The van der Waals surface area contributed by atoms with Crippen molar-refractivity contribution in [1.29, 1.82) is 0 Å². The van der Waals surface area contributed by atoms with Gasteiger partial charge in [-0.05, 0) is 38.5 Å². The summed E-state index contributed by atoms with van der Waals surface area (Å²) in [4.78, 5) is 25.9. The quantitative estimate of drug-likeness (QED) is 0.756. The SMILES string of the molecule is O=C(OC(C(=O)C1CCCCC1)C1CCCCC1)C1CCCCC1O. The highest BCUT2D eigenvalue weighted by Crippen LogP contribution is 2.34. The van der Waals surface area contributed by atoms with Crippen LogP contribution >= 0.6 is 0 Å². The van der Waals surface area contributed by atoms with Gasteiger partial charge >= 0.3 is 5.97 Å². The minimum Gasteiger partial charge on any atom is -0.454 e. The van der Waals surface area contributed by atoms with Gasteiger partial charge in [0, 0.05) is 11.8 Å². The Labute approximate surface area is 151 Å². The first kappa shape index (κ1) is 18.9. The Balaban J connectivity index is 1.68. The highest BCUT2D eigenvalue weighted by molar-refractivity contribution is 5.88. The summed E-state index contributed by atoms with van der Waals surface area (Å²) in [6.45, 7) is 0. The lowest BCUT2D eigenvalue weighted by Crippen LogP contribution is -2.43. The Hall–Kier alpha value is -0.900. The molecule has 3 aliphatic rings. The van der Waals surface area contributed by atoms with Gasteiger partial charge in [-0.2, -0.15) is 0 Å². The normalized spacial score (nSPS) is 30.6. The predicted molar refractivity (Wildman–Crippen MR) is 96.0 cm³/mol. The summed E-state index contributed by atoms with van der Waals surface area (Å²) in [5.74, 6) is -0.325. The molecule has 4 nitrogen and oxygen atoms in total. The van der Waals surface area contributed by atoms with Crippen LogP contribution in [0.4, 0.5) is 0 Å². The smallest absolute Gasteiger partial charge is 0.312 e. The van der Waals surface area contributed by atoms with Crippen LogP contribution in [0.3, 0.4) is 0 Å². The van der Waals surface area contributed by atoms with Crippen molar-refractivity contribution in [2.45, 2.75) is 102 Å². The van der Waals surface area contributed by atoms with Crippen LogP contribution < -0.4 is 0 Å². The number of carbonyl (C=O) groups is 2. The third kappa shape index (κ3) is 4.84. The van der Waals surface area contributed by atoms with E-state index in [1.165, 1.54) is 12.8 Å². The molecule has 3 saturated carbocycles. The summed E-state index contributed by atoms with van der Waals surface area (Å²) in [6.07, 6.45) is 12.9. The maximum atomic E-state index is 13.2. The maximum Gasteiger partial charge on any atom is 0.312 e. The Bertz CT molecular complexity index is 449. The molecule has 25 heavy (non-hydrogen) atoms. The summed E-state index contributed by atoms with van der Waals surface area (Å²) in [5.41, 5.74) is 0. The minimum absolute atomic E-state index is 0.0738. The first-order valence-corrected chi connectivity index (χ1v) is 10.6. The Morgan fingerprint density at radius 1 is 0.760 bits per heavy atom. The molecule has 3 atom stereocenters. The van der Waals surface area contributed by atoms with Crippen molar-refractivity contribution in [2.75, 3.05) is 0 Å². The van der Waals surface area contributed by atoms with Crippen LogP contribution in [0, 0.1) is 17.8 Å². The highest BCUT2D eigenvalue weighted by Gasteiger charge is 2.39. The van der Waals surface area contributed by atoms with E-state index >= 15 is 0 Å². The van der Waals surface area contributed by atoms with Crippen molar-refractivity contribution in [3.05, 3.63) is 0 Å². The van der Waals surface area contributed by atoms with Crippen molar-refractivity contribution >= 4 is 11.8 Å². The molecule has 0 amide bonds. The fourth-order valence-electron chi connectivity index (χ4n) is 5.04. The van der Waals surface area contributed by atoms with E-state index in [0.717, 1.165) is 64.2 Å². The summed E-state index contributed by atoms with van der Waals surface area (Å²) in [5, 5.41) is 10.2. The summed E-state index contributed by atoms with van der Waals surface area (Å²) in [6, 6.07) is 0. The number of rotatable bonds is 5. The van der Waals surface area contributed by atoms with Crippen LogP contribution in [0.25, 0.3) is 0 Å². The summed E-state index contributed by atoms with van der Waals surface area (Å²) < 4.78 is 5.87. The van der Waals surface area contributed by atoms with Crippen molar-refractivity contribution < 1.29 is 19.4 Å². The molecule has 0 bridgehead atoms. The van der Waals surface area contributed by atoms with Gasteiger partial charge in [-0.15, -0.1) is 0 Å². The zero-order chi connectivity index (χ0) is 17.6. The fourth-order valence-corrected chi connectivity index (χ4v) is 5.04. The van der Waals surface area contributed by atoms with E-state index in [1.54, 1.807) is 0 Å². The molecule has 3 aliphatic carbocycles. The van der Waals surface area contributed by atoms with Crippen molar-refractivity contribution in [3.63, 3.8) is 0 Å². The van der Waals surface area contributed by atoms with Gasteiger partial charge in [0.2, 0.25) is 0 Å². The number of ether oxygens (including phenoxy) is 1. The topological polar surface area (TPSA) is 63.6 Å². The molecule has 1 N–H and O–H groups in total. The zero-order valence-electron chi connectivity index (χ0n) is 15.5. The second-order valence-electron chi connectivity index (χ2n) is 8.45. The van der Waals surface area contributed by atoms with Crippen LogP contribution in [0.15, 0.2) is 0 Å². The lowest BCUT2D eigenvalue weighted by molar-refractivity contribution is -0.169. The lowest BCUT2D eigenvalue weighted by atomic mass is 9.77. The number of carbonyl (C=O) groups excluding carboxylic acids is 2. The van der Waals surface area contributed by atoms with Crippen molar-refractivity contribution in [3.8, 4) is 0 Å². The molecule has 0 aromatic heterocycles. The van der Waals surface area contributed by atoms with Gasteiger partial charge in [-0.3, -0.25) is 9.59 Å². The molecule has 142 valence electrons. The van der Waals surface area contributed by atoms with Crippen LogP contribution in [-0.4, -0.2) is 29.1 Å². The van der Waals surface area contributed by atoms with E-state index < -0.39 is 18.1 Å². The second-order valence-corrected chi connectivity index (χ2v) is 8.45. The van der Waals surface area contributed by atoms with Crippen LogP contribution in [-0.2, 0) is 14.3 Å². The van der Waals surface area contributed by atoms with E-state index in [-0.39, 0.29) is 23.6 Å². The molecule has 0 aromatic rings. The minimum atomic E-state index is -0.599. The van der Waals surface area contributed by atoms with Crippen LogP contribution in [0.1, 0.15) is 89.9 Å². The number of ketones is 1. The molecule has 0 aromatic carbocycles. The third-order valence-corrected chi connectivity index (χ3v) is 6.64. The van der Waals surface area contributed by atoms with Gasteiger partial charge in [0.1, 0.15) is 0 Å². The van der Waals surface area contributed by atoms with E-state index in [2.05, 4.69) is 0 Å². The first-order valence-electron chi connectivity index (χ1n) is 10.6. The molecule has 0 saturated heterocycles. The average molecular weight is 350 g/mol. The lowest BCUT2D eigenvalue weighted by Gasteiger charge is -2.34. The van der Waals surface area contributed by atoms with Gasteiger partial charge < -0.3 is 9.84 Å². The number of aliphatic hydroxyl groups is 1. The van der Waals surface area contributed by atoms with Gasteiger partial charge in [-0.25, -0.2) is 0 Å². The summed E-state index contributed by atoms with van der Waals surface area (Å²) in [7, 11) is 0. The van der Waals surface area contributed by atoms with E-state index in [0.29, 0.717) is 12.8 Å².